The average Bonchev–Trinajstić information content (AvgIpc) is 3.23. The summed E-state index contributed by atoms with van der Waals surface area (Å²) in [6.07, 6.45) is 3.54. The van der Waals surface area contributed by atoms with Crippen molar-refractivity contribution in [3.8, 4) is 17.2 Å². The van der Waals surface area contributed by atoms with Crippen molar-refractivity contribution in [1.82, 2.24) is 4.57 Å². The Morgan fingerprint density at radius 3 is 2.65 bits per heavy atom. The molecule has 37 heavy (non-hydrogen) atoms. The number of hydrogen-bond acceptors (Lipinski definition) is 6. The molecule has 4 aromatic rings. The Bertz CT molecular complexity index is 1770. The second-order valence-corrected chi connectivity index (χ2v) is 10.8. The highest BCUT2D eigenvalue weighted by atomic mass is 79.9. The van der Waals surface area contributed by atoms with Crippen molar-refractivity contribution >= 4 is 39.0 Å². The molecule has 1 aromatic heterocycles. The van der Waals surface area contributed by atoms with E-state index in [1.165, 1.54) is 16.9 Å². The van der Waals surface area contributed by atoms with Crippen molar-refractivity contribution in [2.75, 3.05) is 14.2 Å². The summed E-state index contributed by atoms with van der Waals surface area (Å²) in [7, 11) is 3.23. The van der Waals surface area contributed by atoms with Gasteiger partial charge in [0.05, 0.1) is 35.0 Å². The molecule has 186 valence electrons. The number of aromatic nitrogens is 1. The van der Waals surface area contributed by atoms with Crippen LogP contribution in [0.15, 0.2) is 80.5 Å². The Hall–Kier alpha value is -3.62. The number of allylic oxidation sites excluding steroid dienone is 1. The number of benzene rings is 3. The third-order valence-corrected chi connectivity index (χ3v) is 8.48. The van der Waals surface area contributed by atoms with Crippen LogP contribution < -0.4 is 24.4 Å². The number of phenols is 1. The number of halogens is 1. The van der Waals surface area contributed by atoms with Gasteiger partial charge in [-0.3, -0.25) is 9.36 Å². The van der Waals surface area contributed by atoms with E-state index in [4.69, 9.17) is 14.5 Å². The van der Waals surface area contributed by atoms with E-state index in [1.807, 2.05) is 30.3 Å². The number of ether oxygens (including phenoxy) is 2. The van der Waals surface area contributed by atoms with E-state index in [-0.39, 0.29) is 17.4 Å². The molecule has 0 unspecified atom stereocenters. The molecule has 6 rings (SSSR count). The molecule has 0 amide bonds. The van der Waals surface area contributed by atoms with Gasteiger partial charge in [-0.2, -0.15) is 0 Å². The SMILES string of the molecule is COc1ccc([C@@H]2C3=C(N=c4s/c(=C\c5ccc(O)c(Br)c5)c(=O)n42)c2ccccc2CC3)cc1OC. The second-order valence-electron chi connectivity index (χ2n) is 8.94. The van der Waals surface area contributed by atoms with Crippen molar-refractivity contribution in [2.24, 2.45) is 4.99 Å². The Labute approximate surface area is 225 Å². The van der Waals surface area contributed by atoms with Gasteiger partial charge in [0.1, 0.15) is 5.75 Å². The number of nitrogens with zero attached hydrogens (tertiary/aromatic N) is 2. The fraction of sp³-hybridized carbons (Fsp3) is 0.172. The largest absolute Gasteiger partial charge is 0.507 e. The molecule has 1 aliphatic heterocycles. The molecule has 2 aliphatic rings. The lowest BCUT2D eigenvalue weighted by Crippen LogP contribution is -2.38. The van der Waals surface area contributed by atoms with E-state index in [0.29, 0.717) is 25.3 Å². The monoisotopic (exact) mass is 574 g/mol. The minimum atomic E-state index is -0.312. The summed E-state index contributed by atoms with van der Waals surface area (Å²) in [5.74, 6) is 1.41. The number of aryl methyl sites for hydroxylation is 1. The van der Waals surface area contributed by atoms with E-state index in [9.17, 15) is 9.90 Å². The molecular formula is C29H23BrN2O4S. The van der Waals surface area contributed by atoms with Gasteiger partial charge in [-0.1, -0.05) is 47.7 Å². The highest BCUT2D eigenvalue weighted by Gasteiger charge is 2.33. The summed E-state index contributed by atoms with van der Waals surface area (Å²) in [4.78, 5) is 19.6. The molecule has 1 atom stereocenters. The van der Waals surface area contributed by atoms with E-state index >= 15 is 0 Å². The molecule has 6 nitrogen and oxygen atoms in total. The summed E-state index contributed by atoms with van der Waals surface area (Å²) in [6.45, 7) is 0. The standard InChI is InChI=1S/C29H23BrN2O4S/c1-35-23-12-9-18(15-24(23)36-2)27-20-10-8-17-5-3-4-6-19(17)26(20)31-29-32(27)28(34)25(37-29)14-16-7-11-22(33)21(30)13-16/h3-7,9,11-15,27,33H,8,10H2,1-2H3/b25-14-/t27-/m1/s1. The van der Waals surface area contributed by atoms with E-state index in [2.05, 4.69) is 34.1 Å². The first-order valence-electron chi connectivity index (χ1n) is 11.8. The van der Waals surface area contributed by atoms with Crippen LogP contribution in [0.4, 0.5) is 0 Å². The van der Waals surface area contributed by atoms with Crippen LogP contribution in [0.25, 0.3) is 11.8 Å². The van der Waals surface area contributed by atoms with Gasteiger partial charge in [-0.15, -0.1) is 0 Å². The molecule has 8 heteroatoms. The lowest BCUT2D eigenvalue weighted by atomic mass is 9.83. The van der Waals surface area contributed by atoms with Crippen LogP contribution in [-0.2, 0) is 6.42 Å². The van der Waals surface area contributed by atoms with E-state index in [1.54, 1.807) is 37.0 Å². The summed E-state index contributed by atoms with van der Waals surface area (Å²) in [5.41, 5.74) is 6.11. The molecule has 0 bridgehead atoms. The first-order valence-corrected chi connectivity index (χ1v) is 13.4. The van der Waals surface area contributed by atoms with Crippen molar-refractivity contribution in [3.63, 3.8) is 0 Å². The number of rotatable bonds is 4. The highest BCUT2D eigenvalue weighted by Crippen LogP contribution is 2.42. The van der Waals surface area contributed by atoms with Gasteiger partial charge in [-0.25, -0.2) is 4.99 Å². The topological polar surface area (TPSA) is 73.0 Å². The van der Waals surface area contributed by atoms with Crippen LogP contribution in [0.3, 0.4) is 0 Å². The van der Waals surface area contributed by atoms with Gasteiger partial charge >= 0.3 is 0 Å². The summed E-state index contributed by atoms with van der Waals surface area (Å²) in [5, 5.41) is 9.87. The summed E-state index contributed by atoms with van der Waals surface area (Å²) >= 11 is 4.73. The van der Waals surface area contributed by atoms with Crippen LogP contribution in [-0.4, -0.2) is 23.9 Å². The maximum atomic E-state index is 13.9. The number of aromatic hydroxyl groups is 1. The zero-order chi connectivity index (χ0) is 25.7. The van der Waals surface area contributed by atoms with Crippen LogP contribution >= 0.6 is 27.3 Å². The van der Waals surface area contributed by atoms with Crippen molar-refractivity contribution in [2.45, 2.75) is 18.9 Å². The molecule has 0 fully saturated rings. The van der Waals surface area contributed by atoms with Crippen LogP contribution in [0.5, 0.6) is 17.2 Å². The quantitative estimate of drug-likeness (QED) is 0.380. The van der Waals surface area contributed by atoms with Gasteiger partial charge in [0.2, 0.25) is 0 Å². The number of methoxy groups -OCH3 is 2. The Kier molecular flexibility index (Phi) is 6.01. The van der Waals surface area contributed by atoms with Crippen LogP contribution in [0, 0.1) is 0 Å². The highest BCUT2D eigenvalue weighted by molar-refractivity contribution is 9.10. The molecule has 1 aliphatic carbocycles. The molecule has 0 spiro atoms. The summed E-state index contributed by atoms with van der Waals surface area (Å²) in [6, 6.07) is 19.1. The van der Waals surface area contributed by atoms with Crippen LogP contribution in [0.2, 0.25) is 0 Å². The van der Waals surface area contributed by atoms with Gasteiger partial charge in [0, 0.05) is 5.56 Å². The first-order chi connectivity index (χ1) is 18.0. The van der Waals surface area contributed by atoms with Gasteiger partial charge in [0.25, 0.3) is 5.56 Å². The Morgan fingerprint density at radius 1 is 1.05 bits per heavy atom. The normalized spacial score (nSPS) is 16.5. The molecule has 0 radical (unpaired) electrons. The molecule has 1 N–H and O–H groups in total. The number of thiazole rings is 1. The lowest BCUT2D eigenvalue weighted by molar-refractivity contribution is 0.354. The van der Waals surface area contributed by atoms with E-state index in [0.717, 1.165) is 40.8 Å². The smallest absolute Gasteiger partial charge is 0.271 e. The molecule has 0 saturated heterocycles. The molecule has 0 saturated carbocycles. The number of hydrogen-bond donors (Lipinski definition) is 1. The molecule has 2 heterocycles. The van der Waals surface area contributed by atoms with Gasteiger partial charge in [-0.05, 0) is 81.4 Å². The van der Waals surface area contributed by atoms with Crippen molar-refractivity contribution in [1.29, 1.82) is 0 Å². The van der Waals surface area contributed by atoms with Gasteiger partial charge in [0.15, 0.2) is 16.3 Å². The van der Waals surface area contributed by atoms with Crippen molar-refractivity contribution in [3.05, 3.63) is 113 Å². The maximum Gasteiger partial charge on any atom is 0.271 e. The van der Waals surface area contributed by atoms with Gasteiger partial charge < -0.3 is 14.6 Å². The average molecular weight is 575 g/mol. The minimum Gasteiger partial charge on any atom is -0.507 e. The fourth-order valence-corrected chi connectivity index (χ4v) is 6.51. The third kappa shape index (κ3) is 4.01. The lowest BCUT2D eigenvalue weighted by Gasteiger charge is -2.31. The first kappa shape index (κ1) is 23.8. The van der Waals surface area contributed by atoms with Crippen molar-refractivity contribution < 1.29 is 14.6 Å². The van der Waals surface area contributed by atoms with Crippen LogP contribution in [0.1, 0.15) is 34.7 Å². The number of phenolic OH excluding ortho intramolecular Hbond substituents is 1. The minimum absolute atomic E-state index is 0.0989. The molecular weight excluding hydrogens is 552 g/mol. The Morgan fingerprint density at radius 2 is 1.86 bits per heavy atom. The maximum absolute atomic E-state index is 13.9. The number of fused-ring (bicyclic) bond motifs is 3. The fourth-order valence-electron chi connectivity index (χ4n) is 5.11. The van der Waals surface area contributed by atoms with E-state index < -0.39 is 0 Å². The second kappa shape index (κ2) is 9.36. The molecule has 3 aromatic carbocycles. The third-order valence-electron chi connectivity index (χ3n) is 6.87. The zero-order valence-corrected chi connectivity index (χ0v) is 22.6. The zero-order valence-electron chi connectivity index (χ0n) is 20.2. The predicted molar refractivity (Wildman–Crippen MR) is 148 cm³/mol. The predicted octanol–water partition coefficient (Wildman–Crippen LogP) is 4.80. The Balaban J connectivity index is 1.62. The summed E-state index contributed by atoms with van der Waals surface area (Å²) < 4.78 is 14.0.